The van der Waals surface area contributed by atoms with Crippen molar-refractivity contribution in [2.75, 3.05) is 7.11 Å². The zero-order valence-electron chi connectivity index (χ0n) is 19.1. The number of aryl methyl sites for hydroxylation is 1. The molecule has 1 saturated carbocycles. The molecule has 1 aliphatic rings. The fourth-order valence-electron chi connectivity index (χ4n) is 4.78. The number of carboxylic acid groups (broad SMARTS) is 1. The Balaban J connectivity index is 1.78. The molecule has 1 fully saturated rings. The molecule has 1 aromatic carbocycles. The lowest BCUT2D eigenvalue weighted by Crippen LogP contribution is -2.22. The Labute approximate surface area is 190 Å². The SMILES string of the molecule is CO/N=C1/CC(O)C(CCCCCCC(=O)O)C1CCC(O)CCCc1ccccc1F. The number of rotatable bonds is 15. The molecule has 6 nitrogen and oxygen atoms in total. The third-order valence-electron chi connectivity index (χ3n) is 6.50. The largest absolute Gasteiger partial charge is 0.481 e. The first-order valence-electron chi connectivity index (χ1n) is 11.8. The number of oxime groups is 1. The molecule has 7 heteroatoms. The van der Waals surface area contributed by atoms with Crippen LogP contribution in [0.15, 0.2) is 29.4 Å². The number of unbranched alkanes of at least 4 members (excludes halogenated alkanes) is 3. The maximum atomic E-state index is 13.7. The van der Waals surface area contributed by atoms with Crippen LogP contribution in [-0.2, 0) is 16.1 Å². The van der Waals surface area contributed by atoms with Crippen LogP contribution in [0.3, 0.4) is 0 Å². The molecule has 0 spiro atoms. The van der Waals surface area contributed by atoms with Gasteiger partial charge >= 0.3 is 5.97 Å². The van der Waals surface area contributed by atoms with Crippen molar-refractivity contribution >= 4 is 11.7 Å². The quantitative estimate of drug-likeness (QED) is 0.265. The molecule has 0 saturated heterocycles. The Hall–Kier alpha value is -1.99. The predicted molar refractivity (Wildman–Crippen MR) is 122 cm³/mol. The van der Waals surface area contributed by atoms with E-state index in [1.165, 1.54) is 13.2 Å². The summed E-state index contributed by atoms with van der Waals surface area (Å²) in [6.07, 6.45) is 7.30. The van der Waals surface area contributed by atoms with Crippen molar-refractivity contribution in [2.45, 2.75) is 89.3 Å². The average molecular weight is 452 g/mol. The van der Waals surface area contributed by atoms with Gasteiger partial charge in [-0.2, -0.15) is 0 Å². The van der Waals surface area contributed by atoms with Crippen LogP contribution in [0.5, 0.6) is 0 Å². The molecule has 4 unspecified atom stereocenters. The third-order valence-corrected chi connectivity index (χ3v) is 6.50. The van der Waals surface area contributed by atoms with Gasteiger partial charge in [0.1, 0.15) is 12.9 Å². The van der Waals surface area contributed by atoms with E-state index in [0.717, 1.165) is 37.8 Å². The van der Waals surface area contributed by atoms with Crippen LogP contribution >= 0.6 is 0 Å². The van der Waals surface area contributed by atoms with Gasteiger partial charge in [0.15, 0.2) is 0 Å². The van der Waals surface area contributed by atoms with Gasteiger partial charge in [0, 0.05) is 18.8 Å². The summed E-state index contributed by atoms with van der Waals surface area (Å²) in [5, 5.41) is 33.9. The van der Waals surface area contributed by atoms with E-state index < -0.39 is 18.2 Å². The zero-order valence-corrected chi connectivity index (χ0v) is 19.1. The van der Waals surface area contributed by atoms with Gasteiger partial charge in [-0.25, -0.2) is 4.39 Å². The van der Waals surface area contributed by atoms with Crippen molar-refractivity contribution in [3.05, 3.63) is 35.6 Å². The maximum Gasteiger partial charge on any atom is 0.303 e. The first-order valence-corrected chi connectivity index (χ1v) is 11.8. The summed E-state index contributed by atoms with van der Waals surface area (Å²) in [7, 11) is 1.50. The van der Waals surface area contributed by atoms with E-state index in [0.29, 0.717) is 44.1 Å². The van der Waals surface area contributed by atoms with Gasteiger partial charge in [0.05, 0.1) is 17.9 Å². The second-order valence-corrected chi connectivity index (χ2v) is 8.87. The smallest absolute Gasteiger partial charge is 0.303 e. The summed E-state index contributed by atoms with van der Waals surface area (Å²) in [6, 6.07) is 6.74. The first-order chi connectivity index (χ1) is 15.4. The number of hydrogen-bond donors (Lipinski definition) is 3. The van der Waals surface area contributed by atoms with Crippen LogP contribution in [0, 0.1) is 17.7 Å². The summed E-state index contributed by atoms with van der Waals surface area (Å²) in [4.78, 5) is 15.6. The van der Waals surface area contributed by atoms with Gasteiger partial charge < -0.3 is 20.2 Å². The summed E-state index contributed by atoms with van der Waals surface area (Å²) in [5.41, 5.74) is 1.53. The van der Waals surface area contributed by atoms with E-state index in [1.807, 2.05) is 6.07 Å². The van der Waals surface area contributed by atoms with Crippen molar-refractivity contribution in [3.63, 3.8) is 0 Å². The van der Waals surface area contributed by atoms with E-state index in [-0.39, 0.29) is 24.1 Å². The molecule has 4 atom stereocenters. The second kappa shape index (κ2) is 14.2. The van der Waals surface area contributed by atoms with E-state index in [9.17, 15) is 19.4 Å². The summed E-state index contributed by atoms with van der Waals surface area (Å²) < 4.78 is 13.7. The maximum absolute atomic E-state index is 13.7. The number of hydrogen-bond acceptors (Lipinski definition) is 5. The van der Waals surface area contributed by atoms with Crippen LogP contribution in [0.25, 0.3) is 0 Å². The van der Waals surface area contributed by atoms with Gasteiger partial charge in [0.2, 0.25) is 0 Å². The van der Waals surface area contributed by atoms with E-state index in [2.05, 4.69) is 5.16 Å². The minimum atomic E-state index is -0.760. The fraction of sp³-hybridized carbons (Fsp3) is 0.680. The van der Waals surface area contributed by atoms with Crippen molar-refractivity contribution in [1.82, 2.24) is 0 Å². The van der Waals surface area contributed by atoms with Crippen LogP contribution < -0.4 is 0 Å². The normalized spacial score (nSPS) is 22.9. The molecule has 2 rings (SSSR count). The Morgan fingerprint density at radius 3 is 2.62 bits per heavy atom. The zero-order chi connectivity index (χ0) is 23.3. The minimum absolute atomic E-state index is 0.0742. The highest BCUT2D eigenvalue weighted by molar-refractivity contribution is 5.89. The van der Waals surface area contributed by atoms with Crippen molar-refractivity contribution in [3.8, 4) is 0 Å². The number of halogens is 1. The van der Waals surface area contributed by atoms with Crippen LogP contribution in [0.4, 0.5) is 4.39 Å². The second-order valence-electron chi connectivity index (χ2n) is 8.87. The lowest BCUT2D eigenvalue weighted by Gasteiger charge is -2.23. The number of aliphatic hydroxyl groups is 2. The van der Waals surface area contributed by atoms with E-state index in [4.69, 9.17) is 9.94 Å². The van der Waals surface area contributed by atoms with Crippen LogP contribution in [0.2, 0.25) is 0 Å². The molecule has 0 amide bonds. The lowest BCUT2D eigenvalue weighted by molar-refractivity contribution is -0.137. The highest BCUT2D eigenvalue weighted by Gasteiger charge is 2.39. The molecule has 1 aromatic rings. The number of aliphatic carboxylic acids is 1. The molecule has 0 radical (unpaired) electrons. The summed E-state index contributed by atoms with van der Waals surface area (Å²) >= 11 is 0. The number of carbonyl (C=O) groups is 1. The van der Waals surface area contributed by atoms with Crippen LogP contribution in [0.1, 0.15) is 76.2 Å². The van der Waals surface area contributed by atoms with Crippen molar-refractivity contribution in [1.29, 1.82) is 0 Å². The topological polar surface area (TPSA) is 99.4 Å². The molecular formula is C25H38FNO5. The molecule has 0 bridgehead atoms. The average Bonchev–Trinajstić information content (AvgIpc) is 3.04. The molecule has 0 aliphatic heterocycles. The molecule has 3 N–H and O–H groups in total. The first kappa shape index (κ1) is 26.3. The fourth-order valence-corrected chi connectivity index (χ4v) is 4.78. The number of benzene rings is 1. The minimum Gasteiger partial charge on any atom is -0.481 e. The van der Waals surface area contributed by atoms with Crippen molar-refractivity contribution in [2.24, 2.45) is 17.0 Å². The molecule has 180 valence electrons. The molecule has 0 aromatic heterocycles. The standard InChI is InChI=1S/C25H38FNO5/c1-32-27-23-17-24(29)21(12-4-2-3-5-14-25(30)31)20(23)16-15-19(28)11-8-10-18-9-6-7-13-22(18)26/h6-7,9,13,19-21,24,28-29H,2-5,8,10-12,14-17H2,1H3,(H,30,31)/b27-23-. The Morgan fingerprint density at radius 2 is 1.91 bits per heavy atom. The Morgan fingerprint density at radius 1 is 1.16 bits per heavy atom. The number of carboxylic acids is 1. The van der Waals surface area contributed by atoms with Crippen molar-refractivity contribution < 1.29 is 29.3 Å². The Kier molecular flexibility index (Phi) is 11.7. The number of aliphatic hydroxyl groups excluding tert-OH is 2. The van der Waals surface area contributed by atoms with E-state index >= 15 is 0 Å². The highest BCUT2D eigenvalue weighted by Crippen LogP contribution is 2.37. The van der Waals surface area contributed by atoms with Gasteiger partial charge in [-0.1, -0.05) is 42.6 Å². The van der Waals surface area contributed by atoms with Gasteiger partial charge in [0.25, 0.3) is 0 Å². The molecule has 32 heavy (non-hydrogen) atoms. The number of nitrogens with zero attached hydrogens (tertiary/aromatic N) is 1. The van der Waals surface area contributed by atoms with Gasteiger partial charge in [-0.3, -0.25) is 4.79 Å². The summed E-state index contributed by atoms with van der Waals surface area (Å²) in [5.74, 6) is -0.809. The predicted octanol–water partition coefficient (Wildman–Crippen LogP) is 4.71. The highest BCUT2D eigenvalue weighted by atomic mass is 19.1. The van der Waals surface area contributed by atoms with Crippen LogP contribution in [-0.4, -0.2) is 46.3 Å². The third kappa shape index (κ3) is 8.87. The lowest BCUT2D eigenvalue weighted by atomic mass is 9.84. The molecular weight excluding hydrogens is 413 g/mol. The summed E-state index contributed by atoms with van der Waals surface area (Å²) in [6.45, 7) is 0. The monoisotopic (exact) mass is 451 g/mol. The van der Waals surface area contributed by atoms with E-state index in [1.54, 1.807) is 12.1 Å². The van der Waals surface area contributed by atoms with Gasteiger partial charge in [-0.05, 0) is 62.5 Å². The molecule has 1 aliphatic carbocycles. The molecule has 0 heterocycles. The Bertz CT molecular complexity index is 726. The van der Waals surface area contributed by atoms with Gasteiger partial charge in [-0.15, -0.1) is 0 Å².